The van der Waals surface area contributed by atoms with Crippen LogP contribution in [-0.4, -0.2) is 23.0 Å². The number of nitrogens with two attached hydrogens (primary N) is 2. The van der Waals surface area contributed by atoms with Crippen LogP contribution in [0.3, 0.4) is 0 Å². The third kappa shape index (κ3) is 4.60. The average molecular weight is 402 g/mol. The smallest absolute Gasteiger partial charge is 0.250 e. The van der Waals surface area contributed by atoms with E-state index in [1.165, 1.54) is 12.8 Å². The maximum absolute atomic E-state index is 12.0. The second-order valence-electron chi connectivity index (χ2n) is 7.72. The Morgan fingerprint density at radius 1 is 0.967 bits per heavy atom. The number of carbonyl (C=O) groups excluding carboxylic acids is 1. The maximum atomic E-state index is 12.0. The number of rotatable bonds is 6. The Morgan fingerprint density at radius 2 is 1.77 bits per heavy atom. The monoisotopic (exact) mass is 401 g/mol. The third-order valence-corrected chi connectivity index (χ3v) is 5.54. The van der Waals surface area contributed by atoms with Crippen molar-refractivity contribution in [3.8, 4) is 11.3 Å². The molecule has 6 N–H and O–H groups in total. The van der Waals surface area contributed by atoms with Crippen molar-refractivity contribution < 1.29 is 4.79 Å². The molecule has 1 amide bonds. The van der Waals surface area contributed by atoms with E-state index in [4.69, 9.17) is 16.5 Å². The Balaban J connectivity index is 1.60. The molecule has 3 aromatic rings. The van der Waals surface area contributed by atoms with E-state index < -0.39 is 5.91 Å². The van der Waals surface area contributed by atoms with Gasteiger partial charge in [-0.25, -0.2) is 4.98 Å². The summed E-state index contributed by atoms with van der Waals surface area (Å²) in [4.78, 5) is 16.7. The lowest BCUT2D eigenvalue weighted by Gasteiger charge is -2.30. The van der Waals surface area contributed by atoms with Crippen molar-refractivity contribution in [2.24, 2.45) is 11.5 Å². The van der Waals surface area contributed by atoms with Crippen LogP contribution in [0.25, 0.3) is 11.3 Å². The Hall–Kier alpha value is -3.38. The maximum Gasteiger partial charge on any atom is 0.250 e. The Morgan fingerprint density at radius 3 is 2.53 bits per heavy atom. The highest BCUT2D eigenvalue weighted by Gasteiger charge is 2.22. The van der Waals surface area contributed by atoms with Gasteiger partial charge in [0.15, 0.2) is 0 Å². The molecule has 1 aliphatic carbocycles. The standard InChI is InChI=1S/C24H27N5O/c25-19-9-4-5-10-21(19)27-17-13-14-18(24(26)30)22(15-17)29-23-12-6-11-20(28-23)16-7-2-1-3-8-16/h1-3,6-8,11-15,19,21,27H,4-5,9-10,25H2,(H2,26,30)(H,28,29)/t19-,21+/m1/s1. The number of nitrogens with one attached hydrogen (secondary N) is 2. The number of carbonyl (C=O) groups is 1. The molecule has 1 aromatic heterocycles. The van der Waals surface area contributed by atoms with Gasteiger partial charge in [-0.05, 0) is 43.2 Å². The lowest BCUT2D eigenvalue weighted by atomic mass is 9.91. The number of primary amides is 1. The van der Waals surface area contributed by atoms with Crippen molar-refractivity contribution >= 4 is 23.1 Å². The molecule has 6 nitrogen and oxygen atoms in total. The number of hydrogen-bond donors (Lipinski definition) is 4. The average Bonchev–Trinajstić information content (AvgIpc) is 2.76. The number of aromatic nitrogens is 1. The molecule has 2 aromatic carbocycles. The van der Waals surface area contributed by atoms with Gasteiger partial charge in [0.05, 0.1) is 16.9 Å². The number of pyridine rings is 1. The molecule has 0 radical (unpaired) electrons. The van der Waals surface area contributed by atoms with Crippen molar-refractivity contribution in [1.29, 1.82) is 0 Å². The van der Waals surface area contributed by atoms with Crippen LogP contribution in [-0.2, 0) is 0 Å². The van der Waals surface area contributed by atoms with E-state index in [0.717, 1.165) is 29.8 Å². The van der Waals surface area contributed by atoms with Gasteiger partial charge in [0.2, 0.25) is 0 Å². The second-order valence-corrected chi connectivity index (χ2v) is 7.72. The summed E-state index contributed by atoms with van der Waals surface area (Å²) in [7, 11) is 0. The fourth-order valence-corrected chi connectivity index (χ4v) is 3.92. The number of amides is 1. The SMILES string of the molecule is NC(=O)c1ccc(N[C@H]2CCCC[C@H]2N)cc1Nc1cccc(-c2ccccc2)n1. The van der Waals surface area contributed by atoms with Crippen molar-refractivity contribution in [2.45, 2.75) is 37.8 Å². The summed E-state index contributed by atoms with van der Waals surface area (Å²) in [6, 6.07) is 21.6. The summed E-state index contributed by atoms with van der Waals surface area (Å²) in [5.41, 5.74) is 15.7. The van der Waals surface area contributed by atoms with Crippen LogP contribution in [0.15, 0.2) is 66.7 Å². The normalized spacial score (nSPS) is 18.6. The molecule has 1 heterocycles. The number of hydrogen-bond acceptors (Lipinski definition) is 5. The highest BCUT2D eigenvalue weighted by Crippen LogP contribution is 2.28. The van der Waals surface area contributed by atoms with E-state index in [9.17, 15) is 4.79 Å². The van der Waals surface area contributed by atoms with E-state index in [1.807, 2.05) is 60.7 Å². The summed E-state index contributed by atoms with van der Waals surface area (Å²) < 4.78 is 0. The Kier molecular flexibility index (Phi) is 5.95. The van der Waals surface area contributed by atoms with Crippen LogP contribution < -0.4 is 22.1 Å². The molecule has 1 saturated carbocycles. The number of benzene rings is 2. The molecule has 30 heavy (non-hydrogen) atoms. The minimum atomic E-state index is -0.488. The highest BCUT2D eigenvalue weighted by molar-refractivity contribution is 5.99. The van der Waals surface area contributed by atoms with Crippen LogP contribution in [0.5, 0.6) is 0 Å². The molecular formula is C24H27N5O. The minimum absolute atomic E-state index is 0.134. The molecule has 154 valence electrons. The van der Waals surface area contributed by atoms with Gasteiger partial charge in [0.25, 0.3) is 5.91 Å². The largest absolute Gasteiger partial charge is 0.381 e. The predicted octanol–water partition coefficient (Wildman–Crippen LogP) is 4.27. The molecule has 1 fully saturated rings. The fraction of sp³-hybridized carbons (Fsp3) is 0.250. The molecular weight excluding hydrogens is 374 g/mol. The van der Waals surface area contributed by atoms with Crippen LogP contribution in [0, 0.1) is 0 Å². The summed E-state index contributed by atoms with van der Waals surface area (Å²) in [6.45, 7) is 0. The van der Waals surface area contributed by atoms with Crippen LogP contribution in [0.1, 0.15) is 36.0 Å². The van der Waals surface area contributed by atoms with Crippen molar-refractivity contribution in [1.82, 2.24) is 4.98 Å². The highest BCUT2D eigenvalue weighted by atomic mass is 16.1. The van der Waals surface area contributed by atoms with Gasteiger partial charge in [-0.15, -0.1) is 0 Å². The summed E-state index contributed by atoms with van der Waals surface area (Å²) in [5.74, 6) is 0.156. The molecule has 0 spiro atoms. The van der Waals surface area contributed by atoms with Gasteiger partial charge in [0, 0.05) is 23.3 Å². The molecule has 4 rings (SSSR count). The van der Waals surface area contributed by atoms with Gasteiger partial charge in [-0.2, -0.15) is 0 Å². The zero-order chi connectivity index (χ0) is 20.9. The van der Waals surface area contributed by atoms with Crippen molar-refractivity contribution in [3.63, 3.8) is 0 Å². The first kappa shape index (κ1) is 19.9. The molecule has 6 heteroatoms. The lowest BCUT2D eigenvalue weighted by molar-refractivity contribution is 0.100. The van der Waals surface area contributed by atoms with Gasteiger partial charge < -0.3 is 22.1 Å². The summed E-state index contributed by atoms with van der Waals surface area (Å²) in [6.07, 6.45) is 4.42. The van der Waals surface area contributed by atoms with Crippen molar-refractivity contribution in [3.05, 3.63) is 72.3 Å². The van der Waals surface area contributed by atoms with Crippen LogP contribution in [0.2, 0.25) is 0 Å². The van der Waals surface area contributed by atoms with Gasteiger partial charge >= 0.3 is 0 Å². The van der Waals surface area contributed by atoms with Crippen LogP contribution in [0.4, 0.5) is 17.2 Å². The molecule has 0 unspecified atom stereocenters. The van der Waals surface area contributed by atoms with Crippen molar-refractivity contribution in [2.75, 3.05) is 10.6 Å². The van der Waals surface area contributed by atoms with Gasteiger partial charge in [-0.3, -0.25) is 4.79 Å². The first-order valence-electron chi connectivity index (χ1n) is 10.4. The molecule has 1 aliphatic rings. The Labute approximate surface area is 176 Å². The number of anilines is 3. The Bertz CT molecular complexity index is 1020. The van der Waals surface area contributed by atoms with Crippen LogP contribution >= 0.6 is 0 Å². The molecule has 2 atom stereocenters. The predicted molar refractivity (Wildman–Crippen MR) is 122 cm³/mol. The molecule has 0 aliphatic heterocycles. The first-order chi connectivity index (χ1) is 14.6. The minimum Gasteiger partial charge on any atom is -0.381 e. The zero-order valence-corrected chi connectivity index (χ0v) is 16.8. The molecule has 0 bridgehead atoms. The molecule has 0 saturated heterocycles. The summed E-state index contributed by atoms with van der Waals surface area (Å²) >= 11 is 0. The van der Waals surface area contributed by atoms with E-state index in [0.29, 0.717) is 17.1 Å². The zero-order valence-electron chi connectivity index (χ0n) is 16.8. The second kappa shape index (κ2) is 8.97. The van der Waals surface area contributed by atoms with E-state index in [2.05, 4.69) is 10.6 Å². The van der Waals surface area contributed by atoms with E-state index in [1.54, 1.807) is 6.07 Å². The first-order valence-corrected chi connectivity index (χ1v) is 10.4. The van der Waals surface area contributed by atoms with E-state index in [-0.39, 0.29) is 12.1 Å². The number of nitrogens with zero attached hydrogens (tertiary/aromatic N) is 1. The fourth-order valence-electron chi connectivity index (χ4n) is 3.92. The third-order valence-electron chi connectivity index (χ3n) is 5.54. The summed E-state index contributed by atoms with van der Waals surface area (Å²) in [5, 5.41) is 6.79. The van der Waals surface area contributed by atoms with Gasteiger partial charge in [-0.1, -0.05) is 49.2 Å². The topological polar surface area (TPSA) is 106 Å². The van der Waals surface area contributed by atoms with E-state index >= 15 is 0 Å². The lowest BCUT2D eigenvalue weighted by Crippen LogP contribution is -2.42. The quantitative estimate of drug-likeness (QED) is 0.493. The van der Waals surface area contributed by atoms with Gasteiger partial charge in [0.1, 0.15) is 5.82 Å².